The fraction of sp³-hybridized carbons (Fsp3) is 0.0500. The maximum absolute atomic E-state index is 5.30. The van der Waals surface area contributed by atoms with Crippen LogP contribution in [0.5, 0.6) is 5.75 Å². The van der Waals surface area contributed by atoms with E-state index in [4.69, 9.17) is 4.74 Å². The van der Waals surface area contributed by atoms with Crippen LogP contribution in [0.15, 0.2) is 79.0 Å². The Morgan fingerprint density at radius 3 is 2.52 bits per heavy atom. The Bertz CT molecular complexity index is 958. The predicted molar refractivity (Wildman–Crippen MR) is 93.1 cm³/mol. The molecule has 4 aromatic rings. The highest BCUT2D eigenvalue weighted by molar-refractivity contribution is 5.85. The summed E-state index contributed by atoms with van der Waals surface area (Å²) in [6.45, 7) is 0. The van der Waals surface area contributed by atoms with E-state index in [0.717, 1.165) is 22.3 Å². The first-order valence-electron chi connectivity index (χ1n) is 7.53. The maximum Gasteiger partial charge on any atom is 0.121 e. The van der Waals surface area contributed by atoms with E-state index in [2.05, 4.69) is 47.6 Å². The van der Waals surface area contributed by atoms with Crippen molar-refractivity contribution in [2.75, 3.05) is 7.11 Å². The van der Waals surface area contributed by atoms with E-state index in [-0.39, 0.29) is 0 Å². The zero-order valence-corrected chi connectivity index (χ0v) is 12.8. The van der Waals surface area contributed by atoms with Gasteiger partial charge in [-0.05, 0) is 35.4 Å². The summed E-state index contributed by atoms with van der Waals surface area (Å²) in [5.41, 5.74) is 4.48. The molecule has 0 saturated carbocycles. The lowest BCUT2D eigenvalue weighted by Crippen LogP contribution is -1.96. The van der Waals surface area contributed by atoms with E-state index in [0.29, 0.717) is 0 Å². The highest BCUT2D eigenvalue weighted by Crippen LogP contribution is 2.26. The number of ether oxygens (including phenoxy) is 1. The zero-order chi connectivity index (χ0) is 15.6. The molecule has 0 N–H and O–H groups in total. The first-order valence-corrected chi connectivity index (χ1v) is 7.53. The molecule has 0 aliphatic heterocycles. The van der Waals surface area contributed by atoms with Gasteiger partial charge in [-0.3, -0.25) is 0 Å². The quantitative estimate of drug-likeness (QED) is 0.548. The van der Waals surface area contributed by atoms with Gasteiger partial charge in [-0.15, -0.1) is 0 Å². The van der Waals surface area contributed by atoms with E-state index in [1.165, 1.54) is 11.1 Å². The summed E-state index contributed by atoms with van der Waals surface area (Å²) in [6, 6.07) is 24.7. The van der Waals surface area contributed by atoms with E-state index >= 15 is 0 Å². The Hall–Kier alpha value is -3.07. The molecule has 0 fully saturated rings. The molecular weight excluding hydrogens is 284 g/mol. The average Bonchev–Trinajstić information content (AvgIpc) is 3.05. The number of benzene rings is 3. The van der Waals surface area contributed by atoms with Crippen LogP contribution in [-0.2, 0) is 0 Å². The molecule has 1 heterocycles. The molecular formula is C20H16N2O. The molecule has 1 aromatic heterocycles. The molecule has 0 aliphatic carbocycles. The fourth-order valence-corrected chi connectivity index (χ4v) is 2.79. The summed E-state index contributed by atoms with van der Waals surface area (Å²) >= 11 is 0. The number of rotatable bonds is 3. The van der Waals surface area contributed by atoms with Gasteiger partial charge in [-0.2, -0.15) is 5.10 Å². The molecule has 0 amide bonds. The normalized spacial score (nSPS) is 10.8. The topological polar surface area (TPSA) is 27.1 Å². The van der Waals surface area contributed by atoms with Gasteiger partial charge in [0.2, 0.25) is 0 Å². The van der Waals surface area contributed by atoms with Crippen molar-refractivity contribution < 1.29 is 4.74 Å². The number of hydrogen-bond donors (Lipinski definition) is 0. The lowest BCUT2D eigenvalue weighted by molar-refractivity contribution is 0.414. The predicted octanol–water partition coefficient (Wildman–Crippen LogP) is 4.70. The van der Waals surface area contributed by atoms with E-state index in [1.54, 1.807) is 7.11 Å². The Morgan fingerprint density at radius 2 is 1.70 bits per heavy atom. The molecule has 0 bridgehead atoms. The number of hydrogen-bond acceptors (Lipinski definition) is 2. The monoisotopic (exact) mass is 300 g/mol. The minimum absolute atomic E-state index is 0.826. The second-order valence-electron chi connectivity index (χ2n) is 5.40. The van der Waals surface area contributed by atoms with Crippen molar-refractivity contribution in [3.05, 3.63) is 79.0 Å². The van der Waals surface area contributed by atoms with Crippen molar-refractivity contribution in [1.82, 2.24) is 9.78 Å². The molecule has 0 unspecified atom stereocenters. The highest BCUT2D eigenvalue weighted by atomic mass is 16.5. The van der Waals surface area contributed by atoms with Gasteiger partial charge >= 0.3 is 0 Å². The molecule has 3 aromatic carbocycles. The van der Waals surface area contributed by atoms with Gasteiger partial charge in [0.25, 0.3) is 0 Å². The second kappa shape index (κ2) is 5.61. The smallest absolute Gasteiger partial charge is 0.121 e. The SMILES string of the molecule is COc1cccc(-n2ncc3cc(-c4ccccc4)ccc32)c1. The van der Waals surface area contributed by atoms with Crippen LogP contribution in [-0.4, -0.2) is 16.9 Å². The van der Waals surface area contributed by atoms with Crippen molar-refractivity contribution in [2.24, 2.45) is 0 Å². The van der Waals surface area contributed by atoms with Crippen molar-refractivity contribution in [2.45, 2.75) is 0 Å². The third-order valence-corrected chi connectivity index (χ3v) is 3.97. The van der Waals surface area contributed by atoms with Crippen molar-refractivity contribution >= 4 is 10.9 Å². The van der Waals surface area contributed by atoms with Crippen LogP contribution in [0.2, 0.25) is 0 Å². The average molecular weight is 300 g/mol. The Labute approximate surface area is 134 Å². The molecule has 23 heavy (non-hydrogen) atoms. The summed E-state index contributed by atoms with van der Waals surface area (Å²) < 4.78 is 7.24. The number of nitrogens with zero attached hydrogens (tertiary/aromatic N) is 2. The number of aromatic nitrogens is 2. The summed E-state index contributed by atoms with van der Waals surface area (Å²) in [6.07, 6.45) is 1.90. The number of methoxy groups -OCH3 is 1. The maximum atomic E-state index is 5.30. The minimum Gasteiger partial charge on any atom is -0.497 e. The third kappa shape index (κ3) is 2.46. The fourth-order valence-electron chi connectivity index (χ4n) is 2.79. The zero-order valence-electron chi connectivity index (χ0n) is 12.8. The Morgan fingerprint density at radius 1 is 0.826 bits per heavy atom. The van der Waals surface area contributed by atoms with Gasteiger partial charge in [-0.25, -0.2) is 4.68 Å². The molecule has 0 atom stereocenters. The van der Waals surface area contributed by atoms with Gasteiger partial charge in [0.05, 0.1) is 24.5 Å². The van der Waals surface area contributed by atoms with Crippen LogP contribution in [0.3, 0.4) is 0 Å². The lowest BCUT2D eigenvalue weighted by Gasteiger charge is -2.07. The largest absolute Gasteiger partial charge is 0.497 e. The molecule has 0 saturated heterocycles. The van der Waals surface area contributed by atoms with Crippen molar-refractivity contribution in [3.8, 4) is 22.6 Å². The van der Waals surface area contributed by atoms with Gasteiger partial charge in [0, 0.05) is 11.5 Å². The highest BCUT2D eigenvalue weighted by Gasteiger charge is 2.07. The molecule has 0 spiro atoms. The van der Waals surface area contributed by atoms with E-state index < -0.39 is 0 Å². The Balaban J connectivity index is 1.81. The van der Waals surface area contributed by atoms with Gasteiger partial charge in [0.15, 0.2) is 0 Å². The van der Waals surface area contributed by atoms with Crippen LogP contribution in [0.25, 0.3) is 27.7 Å². The van der Waals surface area contributed by atoms with Crippen molar-refractivity contribution in [1.29, 1.82) is 0 Å². The van der Waals surface area contributed by atoms with E-state index in [1.807, 2.05) is 41.2 Å². The summed E-state index contributed by atoms with van der Waals surface area (Å²) in [5, 5.41) is 5.66. The molecule has 0 radical (unpaired) electrons. The lowest BCUT2D eigenvalue weighted by atomic mass is 10.0. The third-order valence-electron chi connectivity index (χ3n) is 3.97. The Kier molecular flexibility index (Phi) is 3.31. The van der Waals surface area contributed by atoms with Crippen LogP contribution in [0.4, 0.5) is 0 Å². The first-order chi connectivity index (χ1) is 11.3. The molecule has 3 heteroatoms. The molecule has 3 nitrogen and oxygen atoms in total. The molecule has 0 aliphatic rings. The van der Waals surface area contributed by atoms with Crippen LogP contribution in [0, 0.1) is 0 Å². The minimum atomic E-state index is 0.826. The van der Waals surface area contributed by atoms with Gasteiger partial charge in [0.1, 0.15) is 5.75 Å². The standard InChI is InChI=1S/C20H16N2O/c1-23-19-9-5-8-18(13-19)22-20-11-10-16(12-17(20)14-21-22)15-6-3-2-4-7-15/h2-14H,1H3. The molecule has 112 valence electrons. The number of fused-ring (bicyclic) bond motifs is 1. The van der Waals surface area contributed by atoms with Crippen LogP contribution >= 0.6 is 0 Å². The summed E-state index contributed by atoms with van der Waals surface area (Å²) in [7, 11) is 1.67. The van der Waals surface area contributed by atoms with E-state index in [9.17, 15) is 0 Å². The first kappa shape index (κ1) is 13.6. The summed E-state index contributed by atoms with van der Waals surface area (Å²) in [4.78, 5) is 0. The van der Waals surface area contributed by atoms with Gasteiger partial charge in [-0.1, -0.05) is 42.5 Å². The summed E-state index contributed by atoms with van der Waals surface area (Å²) in [5.74, 6) is 0.826. The second-order valence-corrected chi connectivity index (χ2v) is 5.40. The van der Waals surface area contributed by atoms with Crippen LogP contribution in [0.1, 0.15) is 0 Å². The van der Waals surface area contributed by atoms with Crippen LogP contribution < -0.4 is 4.74 Å². The van der Waals surface area contributed by atoms with Gasteiger partial charge < -0.3 is 4.74 Å². The molecule has 4 rings (SSSR count). The van der Waals surface area contributed by atoms with Crippen molar-refractivity contribution in [3.63, 3.8) is 0 Å².